The van der Waals surface area contributed by atoms with Crippen molar-refractivity contribution in [3.63, 3.8) is 0 Å². The van der Waals surface area contributed by atoms with Crippen LogP contribution < -0.4 is 5.32 Å². The van der Waals surface area contributed by atoms with Gasteiger partial charge in [-0.05, 0) is 44.5 Å². The summed E-state index contributed by atoms with van der Waals surface area (Å²) in [4.78, 5) is 13.9. The molecule has 1 unspecified atom stereocenters. The van der Waals surface area contributed by atoms with Gasteiger partial charge in [-0.2, -0.15) is 0 Å². The van der Waals surface area contributed by atoms with Gasteiger partial charge < -0.3 is 15.0 Å². The quantitative estimate of drug-likeness (QED) is 0.877. The first kappa shape index (κ1) is 15.9. The van der Waals surface area contributed by atoms with Crippen molar-refractivity contribution in [2.75, 3.05) is 32.1 Å². The minimum atomic E-state index is -0.348. The van der Waals surface area contributed by atoms with Crippen LogP contribution in [-0.4, -0.2) is 43.7 Å². The Bertz CT molecular complexity index is 461. The zero-order valence-electron chi connectivity index (χ0n) is 12.5. The van der Waals surface area contributed by atoms with Crippen molar-refractivity contribution in [1.82, 2.24) is 4.90 Å². The Labute approximate surface area is 125 Å². The molecular formula is C16H23FN2O2. The fourth-order valence-electron chi connectivity index (χ4n) is 2.47. The lowest BCUT2D eigenvalue weighted by Crippen LogP contribution is -2.35. The molecule has 0 spiro atoms. The number of nitrogens with one attached hydrogen (secondary N) is 1. The van der Waals surface area contributed by atoms with Crippen LogP contribution >= 0.6 is 0 Å². The summed E-state index contributed by atoms with van der Waals surface area (Å²) in [6, 6.07) is 5.93. The maximum atomic E-state index is 13.0. The van der Waals surface area contributed by atoms with E-state index < -0.39 is 0 Å². The second kappa shape index (κ2) is 8.10. The summed E-state index contributed by atoms with van der Waals surface area (Å²) < 4.78 is 18.7. The van der Waals surface area contributed by atoms with Crippen LogP contribution in [0.5, 0.6) is 0 Å². The molecule has 4 nitrogen and oxygen atoms in total. The van der Waals surface area contributed by atoms with E-state index in [2.05, 4.69) is 10.2 Å². The van der Waals surface area contributed by atoms with E-state index in [4.69, 9.17) is 4.74 Å². The van der Waals surface area contributed by atoms with Gasteiger partial charge >= 0.3 is 0 Å². The van der Waals surface area contributed by atoms with E-state index in [9.17, 15) is 9.18 Å². The largest absolute Gasteiger partial charge is 0.377 e. The first-order valence-electron chi connectivity index (χ1n) is 7.49. The average molecular weight is 294 g/mol. The first-order chi connectivity index (χ1) is 10.1. The molecule has 2 rings (SSSR count). The van der Waals surface area contributed by atoms with Crippen LogP contribution in [0.3, 0.4) is 0 Å². The highest BCUT2D eigenvalue weighted by atomic mass is 19.1. The highest BCUT2D eigenvalue weighted by Gasteiger charge is 2.16. The molecule has 0 saturated carbocycles. The third-order valence-corrected chi connectivity index (χ3v) is 3.62. The number of ether oxygens (including phenoxy) is 1. The molecule has 21 heavy (non-hydrogen) atoms. The summed E-state index contributed by atoms with van der Waals surface area (Å²) in [5, 5.41) is 2.70. The fraction of sp³-hybridized carbons (Fsp3) is 0.562. The molecule has 1 saturated heterocycles. The van der Waals surface area contributed by atoms with Crippen LogP contribution in [0.25, 0.3) is 0 Å². The van der Waals surface area contributed by atoms with Crippen LogP contribution in [0.2, 0.25) is 0 Å². The number of likely N-dealkylation sites (N-methyl/N-ethyl adjacent to an activating group) is 1. The SMILES string of the molecule is CN(CCC(=O)Nc1cccc(F)c1)CC1CCCCO1. The molecule has 5 heteroatoms. The summed E-state index contributed by atoms with van der Waals surface area (Å²) >= 11 is 0. The number of benzene rings is 1. The normalized spacial score (nSPS) is 18.7. The Morgan fingerprint density at radius 2 is 2.33 bits per heavy atom. The van der Waals surface area contributed by atoms with Crippen LogP contribution in [0, 0.1) is 5.82 Å². The van der Waals surface area contributed by atoms with Gasteiger partial charge in [0.15, 0.2) is 0 Å². The summed E-state index contributed by atoms with van der Waals surface area (Å²) in [5.41, 5.74) is 0.498. The summed E-state index contributed by atoms with van der Waals surface area (Å²) in [6.45, 7) is 2.37. The van der Waals surface area contributed by atoms with Crippen LogP contribution in [-0.2, 0) is 9.53 Å². The van der Waals surface area contributed by atoms with Crippen LogP contribution in [0.1, 0.15) is 25.7 Å². The number of anilines is 1. The van der Waals surface area contributed by atoms with Gasteiger partial charge in [0.2, 0.25) is 5.91 Å². The smallest absolute Gasteiger partial charge is 0.225 e. The number of nitrogens with zero attached hydrogens (tertiary/aromatic N) is 1. The zero-order valence-corrected chi connectivity index (χ0v) is 12.5. The van der Waals surface area contributed by atoms with E-state index in [0.717, 1.165) is 26.0 Å². The number of hydrogen-bond donors (Lipinski definition) is 1. The minimum Gasteiger partial charge on any atom is -0.377 e. The molecular weight excluding hydrogens is 271 g/mol. The van der Waals surface area contributed by atoms with Crippen molar-refractivity contribution in [3.8, 4) is 0 Å². The fourth-order valence-corrected chi connectivity index (χ4v) is 2.47. The lowest BCUT2D eigenvalue weighted by atomic mass is 10.1. The Morgan fingerprint density at radius 1 is 1.48 bits per heavy atom. The number of hydrogen-bond acceptors (Lipinski definition) is 3. The summed E-state index contributed by atoms with van der Waals surface area (Å²) in [7, 11) is 1.99. The molecule has 1 aliphatic rings. The molecule has 0 aromatic heterocycles. The number of rotatable bonds is 6. The van der Waals surface area contributed by atoms with E-state index >= 15 is 0 Å². The van der Waals surface area contributed by atoms with Crippen molar-refractivity contribution >= 4 is 11.6 Å². The van der Waals surface area contributed by atoms with Crippen molar-refractivity contribution in [2.24, 2.45) is 0 Å². The van der Waals surface area contributed by atoms with E-state index in [1.165, 1.54) is 18.6 Å². The molecule has 1 aromatic rings. The molecule has 0 aliphatic carbocycles. The lowest BCUT2D eigenvalue weighted by Gasteiger charge is -2.27. The van der Waals surface area contributed by atoms with Gasteiger partial charge in [0.05, 0.1) is 6.10 Å². The maximum absolute atomic E-state index is 13.0. The predicted molar refractivity (Wildman–Crippen MR) is 80.7 cm³/mol. The second-order valence-corrected chi connectivity index (χ2v) is 5.56. The zero-order chi connectivity index (χ0) is 15.1. The molecule has 1 atom stereocenters. The summed E-state index contributed by atoms with van der Waals surface area (Å²) in [5.74, 6) is -0.448. The highest BCUT2D eigenvalue weighted by Crippen LogP contribution is 2.13. The molecule has 1 heterocycles. The topological polar surface area (TPSA) is 41.6 Å². The van der Waals surface area contributed by atoms with Gasteiger partial charge in [-0.1, -0.05) is 6.07 Å². The van der Waals surface area contributed by atoms with Crippen molar-refractivity contribution in [1.29, 1.82) is 0 Å². The lowest BCUT2D eigenvalue weighted by molar-refractivity contribution is -0.116. The molecule has 0 bridgehead atoms. The Balaban J connectivity index is 1.68. The Hall–Kier alpha value is -1.46. The average Bonchev–Trinajstić information content (AvgIpc) is 2.46. The Kier molecular flexibility index (Phi) is 6.14. The predicted octanol–water partition coefficient (Wildman–Crippen LogP) is 2.66. The second-order valence-electron chi connectivity index (χ2n) is 5.56. The number of carbonyl (C=O) groups excluding carboxylic acids is 1. The van der Waals surface area contributed by atoms with Crippen molar-refractivity contribution in [3.05, 3.63) is 30.1 Å². The van der Waals surface area contributed by atoms with E-state index in [-0.39, 0.29) is 17.8 Å². The third-order valence-electron chi connectivity index (χ3n) is 3.62. The van der Waals surface area contributed by atoms with Crippen molar-refractivity contribution < 1.29 is 13.9 Å². The van der Waals surface area contributed by atoms with Gasteiger partial charge in [0.1, 0.15) is 5.82 Å². The maximum Gasteiger partial charge on any atom is 0.225 e. The standard InChI is InChI=1S/C16H23FN2O2/c1-19(12-15-7-2-3-10-21-15)9-8-16(20)18-14-6-4-5-13(17)11-14/h4-6,11,15H,2-3,7-10,12H2,1H3,(H,18,20). The molecule has 1 aromatic carbocycles. The highest BCUT2D eigenvalue weighted by molar-refractivity contribution is 5.90. The van der Waals surface area contributed by atoms with E-state index in [1.54, 1.807) is 12.1 Å². The van der Waals surface area contributed by atoms with Gasteiger partial charge in [-0.25, -0.2) is 4.39 Å². The van der Waals surface area contributed by atoms with Crippen molar-refractivity contribution in [2.45, 2.75) is 31.8 Å². The van der Waals surface area contributed by atoms with Crippen LogP contribution in [0.15, 0.2) is 24.3 Å². The first-order valence-corrected chi connectivity index (χ1v) is 7.49. The van der Waals surface area contributed by atoms with Gasteiger partial charge in [-0.3, -0.25) is 4.79 Å². The number of amides is 1. The molecule has 1 fully saturated rings. The number of halogens is 1. The molecule has 1 aliphatic heterocycles. The third kappa shape index (κ3) is 5.81. The molecule has 1 amide bonds. The van der Waals surface area contributed by atoms with E-state index in [1.807, 2.05) is 7.05 Å². The van der Waals surface area contributed by atoms with Gasteiger partial charge in [0, 0.05) is 31.8 Å². The van der Waals surface area contributed by atoms with Gasteiger partial charge in [0.25, 0.3) is 0 Å². The van der Waals surface area contributed by atoms with Crippen LogP contribution in [0.4, 0.5) is 10.1 Å². The Morgan fingerprint density at radius 3 is 3.05 bits per heavy atom. The molecule has 1 N–H and O–H groups in total. The monoisotopic (exact) mass is 294 g/mol. The number of carbonyl (C=O) groups is 1. The summed E-state index contributed by atoms with van der Waals surface area (Å²) in [6.07, 6.45) is 4.14. The molecule has 116 valence electrons. The molecule has 0 radical (unpaired) electrons. The van der Waals surface area contributed by atoms with E-state index in [0.29, 0.717) is 18.7 Å². The van der Waals surface area contributed by atoms with Gasteiger partial charge in [-0.15, -0.1) is 0 Å². The minimum absolute atomic E-state index is 0.1000.